The molecule has 0 aliphatic carbocycles. The first-order valence-corrected chi connectivity index (χ1v) is 6.75. The highest BCUT2D eigenvalue weighted by molar-refractivity contribution is 9.10. The fourth-order valence-corrected chi connectivity index (χ4v) is 1.87. The molecule has 0 unspecified atom stereocenters. The lowest BCUT2D eigenvalue weighted by molar-refractivity contribution is -0.142. The van der Waals surface area contributed by atoms with E-state index in [4.69, 9.17) is 4.42 Å². The molecule has 0 aromatic carbocycles. The van der Waals surface area contributed by atoms with E-state index >= 15 is 0 Å². The predicted molar refractivity (Wildman–Crippen MR) is 72.2 cm³/mol. The van der Waals surface area contributed by atoms with Gasteiger partial charge in [0.05, 0.1) is 6.54 Å². The van der Waals surface area contributed by atoms with Gasteiger partial charge in [0.25, 0.3) is 11.5 Å². The van der Waals surface area contributed by atoms with Crippen LogP contribution in [-0.2, 0) is 12.7 Å². The Bertz CT molecular complexity index is 739. The lowest BCUT2D eigenvalue weighted by atomic mass is 10.4. The van der Waals surface area contributed by atoms with Crippen molar-refractivity contribution in [3.8, 4) is 0 Å². The van der Waals surface area contributed by atoms with Crippen molar-refractivity contribution in [1.82, 2.24) is 15.1 Å². The first-order valence-electron chi connectivity index (χ1n) is 5.96. The van der Waals surface area contributed by atoms with Gasteiger partial charge in [-0.25, -0.2) is 4.68 Å². The van der Waals surface area contributed by atoms with E-state index in [-0.39, 0.29) is 18.8 Å². The summed E-state index contributed by atoms with van der Waals surface area (Å²) < 4.78 is 43.5. The van der Waals surface area contributed by atoms with E-state index in [9.17, 15) is 22.8 Å². The van der Waals surface area contributed by atoms with Gasteiger partial charge in [-0.05, 0) is 34.1 Å². The van der Waals surface area contributed by atoms with Crippen molar-refractivity contribution in [2.75, 3.05) is 6.54 Å². The highest BCUT2D eigenvalue weighted by atomic mass is 79.9. The van der Waals surface area contributed by atoms with Crippen LogP contribution in [0.2, 0.25) is 0 Å². The van der Waals surface area contributed by atoms with Gasteiger partial charge >= 0.3 is 6.18 Å². The number of halogens is 4. The molecule has 0 fully saturated rings. The molecule has 1 N–H and O–H groups in total. The number of nitrogens with one attached hydrogen (secondary N) is 1. The quantitative estimate of drug-likeness (QED) is 0.881. The fourth-order valence-electron chi connectivity index (χ4n) is 1.56. The second-order valence-corrected chi connectivity index (χ2v) is 4.92. The van der Waals surface area contributed by atoms with Crippen molar-refractivity contribution in [1.29, 1.82) is 0 Å². The summed E-state index contributed by atoms with van der Waals surface area (Å²) >= 11 is 3.03. The number of rotatable bonds is 4. The Morgan fingerprint density at radius 3 is 2.64 bits per heavy atom. The van der Waals surface area contributed by atoms with Crippen LogP contribution in [0.15, 0.2) is 38.1 Å². The zero-order valence-electron chi connectivity index (χ0n) is 10.9. The minimum absolute atomic E-state index is 0.0382. The summed E-state index contributed by atoms with van der Waals surface area (Å²) in [4.78, 5) is 23.1. The summed E-state index contributed by atoms with van der Waals surface area (Å²) in [5, 5.41) is 5.63. The maximum atomic E-state index is 12.5. The van der Waals surface area contributed by atoms with E-state index in [2.05, 4.69) is 26.3 Å². The van der Waals surface area contributed by atoms with E-state index in [0.29, 0.717) is 15.4 Å². The largest absolute Gasteiger partial charge is 0.444 e. The minimum atomic E-state index is -4.64. The van der Waals surface area contributed by atoms with Crippen LogP contribution in [0.1, 0.15) is 16.2 Å². The Labute approximate surface area is 130 Å². The highest BCUT2D eigenvalue weighted by Crippen LogP contribution is 2.26. The first kappa shape index (κ1) is 16.3. The Balaban J connectivity index is 2.00. The van der Waals surface area contributed by atoms with E-state index < -0.39 is 23.3 Å². The highest BCUT2D eigenvalue weighted by Gasteiger charge is 2.33. The van der Waals surface area contributed by atoms with Crippen molar-refractivity contribution < 1.29 is 22.4 Å². The number of furan rings is 1. The number of hydrogen-bond donors (Lipinski definition) is 1. The fraction of sp³-hybridized carbons (Fsp3) is 0.250. The molecule has 0 radical (unpaired) electrons. The van der Waals surface area contributed by atoms with Gasteiger partial charge in [-0.1, -0.05) is 0 Å². The average molecular weight is 380 g/mol. The third kappa shape index (κ3) is 3.97. The molecule has 0 spiro atoms. The van der Waals surface area contributed by atoms with Gasteiger partial charge in [-0.3, -0.25) is 9.59 Å². The zero-order chi connectivity index (χ0) is 16.3. The average Bonchev–Trinajstić information content (AvgIpc) is 2.86. The molecule has 0 aliphatic heterocycles. The third-order valence-corrected chi connectivity index (χ3v) is 2.99. The summed E-state index contributed by atoms with van der Waals surface area (Å²) in [6.45, 7) is -0.276. The molecule has 118 valence electrons. The molecule has 1 amide bonds. The van der Waals surface area contributed by atoms with Gasteiger partial charge < -0.3 is 9.73 Å². The van der Waals surface area contributed by atoms with Gasteiger partial charge in [0.15, 0.2) is 16.1 Å². The van der Waals surface area contributed by atoms with Crippen molar-refractivity contribution >= 4 is 21.8 Å². The summed E-state index contributed by atoms with van der Waals surface area (Å²) in [6, 6.07) is 4.33. The molecule has 0 atom stereocenters. The molecule has 0 saturated carbocycles. The molecule has 10 heteroatoms. The second-order valence-electron chi connectivity index (χ2n) is 4.14. The monoisotopic (exact) mass is 379 g/mol. The van der Waals surface area contributed by atoms with Gasteiger partial charge in [0.1, 0.15) is 0 Å². The van der Waals surface area contributed by atoms with E-state index in [1.807, 2.05) is 0 Å². The molecule has 6 nitrogen and oxygen atoms in total. The lowest BCUT2D eigenvalue weighted by Crippen LogP contribution is -2.32. The number of aromatic nitrogens is 2. The molecule has 2 aromatic heterocycles. The summed E-state index contributed by atoms with van der Waals surface area (Å²) in [7, 11) is 0. The zero-order valence-corrected chi connectivity index (χ0v) is 12.4. The number of nitrogens with zero attached hydrogens (tertiary/aromatic N) is 2. The summed E-state index contributed by atoms with van der Waals surface area (Å²) in [5.41, 5.74) is -1.86. The molecule has 2 aromatic rings. The van der Waals surface area contributed by atoms with E-state index in [1.165, 1.54) is 12.1 Å². The van der Waals surface area contributed by atoms with Crippen LogP contribution in [0.4, 0.5) is 13.2 Å². The van der Waals surface area contributed by atoms with Gasteiger partial charge in [-0.15, -0.1) is 0 Å². The van der Waals surface area contributed by atoms with Crippen LogP contribution in [0.3, 0.4) is 0 Å². The number of alkyl halides is 3. The summed E-state index contributed by atoms with van der Waals surface area (Å²) in [5.74, 6) is -0.512. The minimum Gasteiger partial charge on any atom is -0.444 e. The smallest absolute Gasteiger partial charge is 0.435 e. The van der Waals surface area contributed by atoms with Gasteiger partial charge in [0.2, 0.25) is 0 Å². The maximum Gasteiger partial charge on any atom is 0.435 e. The van der Waals surface area contributed by atoms with Crippen molar-refractivity contribution in [2.24, 2.45) is 0 Å². The number of carbonyl (C=O) groups is 1. The van der Waals surface area contributed by atoms with Gasteiger partial charge in [-0.2, -0.15) is 18.3 Å². The van der Waals surface area contributed by atoms with Crippen LogP contribution in [0, 0.1) is 0 Å². The van der Waals surface area contributed by atoms with Crippen LogP contribution in [0.25, 0.3) is 0 Å². The number of hydrogen-bond acceptors (Lipinski definition) is 4. The van der Waals surface area contributed by atoms with Crippen LogP contribution in [-0.4, -0.2) is 22.2 Å². The number of amides is 1. The van der Waals surface area contributed by atoms with Crippen molar-refractivity contribution in [3.05, 3.63) is 50.7 Å². The second kappa shape index (κ2) is 6.34. The van der Waals surface area contributed by atoms with Crippen molar-refractivity contribution in [2.45, 2.75) is 12.7 Å². The Morgan fingerprint density at radius 2 is 2.05 bits per heavy atom. The molecule has 2 heterocycles. The molecule has 22 heavy (non-hydrogen) atoms. The predicted octanol–water partition coefficient (Wildman–Crippen LogP) is 2.05. The van der Waals surface area contributed by atoms with E-state index in [1.54, 1.807) is 0 Å². The molecule has 0 saturated heterocycles. The van der Waals surface area contributed by atoms with Crippen LogP contribution in [0.5, 0.6) is 0 Å². The maximum absolute atomic E-state index is 12.5. The van der Waals surface area contributed by atoms with Crippen molar-refractivity contribution in [3.63, 3.8) is 0 Å². The Hall–Kier alpha value is -2.10. The van der Waals surface area contributed by atoms with E-state index in [0.717, 1.165) is 6.07 Å². The molecular formula is C12H9BrF3N3O3. The lowest BCUT2D eigenvalue weighted by Gasteiger charge is -2.09. The standard InChI is InChI=1S/C12H9BrF3N3O3/c13-9-3-1-7(22-9)11(21)17-5-6-19-10(20)4-2-8(18-19)12(14,15)16/h1-4H,5-6H2,(H,17,21). The van der Waals surface area contributed by atoms with Gasteiger partial charge in [0, 0.05) is 12.6 Å². The molecular weight excluding hydrogens is 371 g/mol. The van der Waals surface area contributed by atoms with Crippen LogP contribution < -0.4 is 10.9 Å². The SMILES string of the molecule is O=C(NCCn1nc(C(F)(F)F)ccc1=O)c1ccc(Br)o1. The number of carbonyl (C=O) groups excluding carboxylic acids is 1. The molecule has 2 rings (SSSR count). The summed E-state index contributed by atoms with van der Waals surface area (Å²) in [6.07, 6.45) is -4.64. The first-order chi connectivity index (χ1) is 10.3. The Morgan fingerprint density at radius 1 is 1.32 bits per heavy atom. The third-order valence-electron chi connectivity index (χ3n) is 2.56. The normalized spacial score (nSPS) is 11.5. The Kier molecular flexibility index (Phi) is 4.69. The van der Waals surface area contributed by atoms with Crippen LogP contribution >= 0.6 is 15.9 Å². The topological polar surface area (TPSA) is 77.1 Å². The molecule has 0 bridgehead atoms. The molecule has 0 aliphatic rings.